The van der Waals surface area contributed by atoms with Gasteiger partial charge in [0.2, 0.25) is 0 Å². The molecule has 1 N–H and O–H groups in total. The van der Waals surface area contributed by atoms with Gasteiger partial charge in [0.25, 0.3) is 0 Å². The standard InChI is InChI=1S/C18H28O4/c1-3-11-16(19)12-7-4-5-8-13-17(20)14-9-6-10-15-18(21)22-2/h4-5,7-8,12-13,16,19H,3,6,9-11,14-15H2,1-2H3. The van der Waals surface area contributed by atoms with Crippen molar-refractivity contribution in [3.05, 3.63) is 36.5 Å². The van der Waals surface area contributed by atoms with Crippen LogP contribution < -0.4 is 0 Å². The minimum Gasteiger partial charge on any atom is -0.469 e. The van der Waals surface area contributed by atoms with Crippen LogP contribution in [0.1, 0.15) is 51.9 Å². The Bertz CT molecular complexity index is 394. The van der Waals surface area contributed by atoms with Gasteiger partial charge in [0.05, 0.1) is 13.2 Å². The van der Waals surface area contributed by atoms with Crippen LogP contribution in [0, 0.1) is 0 Å². The van der Waals surface area contributed by atoms with E-state index in [0.717, 1.165) is 32.1 Å². The fraction of sp³-hybridized carbons (Fsp3) is 0.556. The van der Waals surface area contributed by atoms with E-state index in [1.165, 1.54) is 7.11 Å². The number of hydrogen-bond donors (Lipinski definition) is 1. The van der Waals surface area contributed by atoms with Crippen LogP contribution in [-0.2, 0) is 14.3 Å². The number of aliphatic hydroxyl groups is 1. The molecule has 0 aliphatic carbocycles. The highest BCUT2D eigenvalue weighted by Crippen LogP contribution is 2.05. The van der Waals surface area contributed by atoms with Crippen molar-refractivity contribution >= 4 is 11.8 Å². The molecule has 0 amide bonds. The topological polar surface area (TPSA) is 63.6 Å². The molecule has 0 saturated carbocycles. The molecule has 0 fully saturated rings. The highest BCUT2D eigenvalue weighted by atomic mass is 16.5. The van der Waals surface area contributed by atoms with E-state index in [4.69, 9.17) is 0 Å². The highest BCUT2D eigenvalue weighted by molar-refractivity contribution is 5.89. The normalized spacial score (nSPS) is 13.2. The molecule has 0 aromatic heterocycles. The van der Waals surface area contributed by atoms with Crippen molar-refractivity contribution in [3.8, 4) is 0 Å². The highest BCUT2D eigenvalue weighted by Gasteiger charge is 2.00. The summed E-state index contributed by atoms with van der Waals surface area (Å²) < 4.78 is 4.55. The lowest BCUT2D eigenvalue weighted by Gasteiger charge is -1.99. The number of carbonyl (C=O) groups excluding carboxylic acids is 2. The Morgan fingerprint density at radius 1 is 1.05 bits per heavy atom. The van der Waals surface area contributed by atoms with Gasteiger partial charge in [-0.2, -0.15) is 0 Å². The number of carbonyl (C=O) groups is 2. The molecule has 0 aliphatic rings. The van der Waals surface area contributed by atoms with Crippen LogP contribution >= 0.6 is 0 Å². The van der Waals surface area contributed by atoms with Crippen molar-refractivity contribution in [2.75, 3.05) is 7.11 Å². The van der Waals surface area contributed by atoms with E-state index >= 15 is 0 Å². The molecule has 124 valence electrons. The number of unbranched alkanes of at least 4 members (excludes halogenated alkanes) is 2. The molecular weight excluding hydrogens is 280 g/mol. The Hall–Kier alpha value is -1.68. The summed E-state index contributed by atoms with van der Waals surface area (Å²) >= 11 is 0. The van der Waals surface area contributed by atoms with Crippen molar-refractivity contribution in [1.82, 2.24) is 0 Å². The van der Waals surface area contributed by atoms with Gasteiger partial charge in [0.1, 0.15) is 0 Å². The summed E-state index contributed by atoms with van der Waals surface area (Å²) in [6, 6.07) is 0. The number of hydrogen-bond acceptors (Lipinski definition) is 4. The summed E-state index contributed by atoms with van der Waals surface area (Å²) in [5, 5.41) is 9.46. The monoisotopic (exact) mass is 308 g/mol. The third kappa shape index (κ3) is 13.3. The van der Waals surface area contributed by atoms with E-state index in [1.54, 1.807) is 36.5 Å². The van der Waals surface area contributed by atoms with Gasteiger partial charge >= 0.3 is 5.97 Å². The van der Waals surface area contributed by atoms with Gasteiger partial charge in [0.15, 0.2) is 5.78 Å². The third-order valence-electron chi connectivity index (χ3n) is 3.06. The van der Waals surface area contributed by atoms with Crippen LogP contribution in [0.4, 0.5) is 0 Å². The van der Waals surface area contributed by atoms with E-state index in [1.807, 2.05) is 6.92 Å². The predicted octanol–water partition coefficient (Wildman–Crippen LogP) is 3.51. The molecule has 0 rings (SSSR count). The van der Waals surface area contributed by atoms with Crippen LogP contribution in [0.25, 0.3) is 0 Å². The zero-order valence-corrected chi connectivity index (χ0v) is 13.7. The number of allylic oxidation sites excluding steroid dienone is 5. The van der Waals surface area contributed by atoms with Gasteiger partial charge < -0.3 is 9.84 Å². The number of aliphatic hydroxyl groups excluding tert-OH is 1. The quantitative estimate of drug-likeness (QED) is 0.259. The predicted molar refractivity (Wildman–Crippen MR) is 88.4 cm³/mol. The summed E-state index contributed by atoms with van der Waals surface area (Å²) in [6.45, 7) is 2.02. The summed E-state index contributed by atoms with van der Waals surface area (Å²) in [5.41, 5.74) is 0. The van der Waals surface area contributed by atoms with Gasteiger partial charge in [-0.3, -0.25) is 9.59 Å². The Labute approximate surface area is 133 Å². The minimum absolute atomic E-state index is 0.0812. The molecule has 0 spiro atoms. The van der Waals surface area contributed by atoms with Crippen molar-refractivity contribution in [2.45, 2.75) is 58.0 Å². The SMILES string of the molecule is CCCC(O)C=CC=CC=CC(=O)CCCCCC(=O)OC. The van der Waals surface area contributed by atoms with E-state index in [0.29, 0.717) is 12.8 Å². The summed E-state index contributed by atoms with van der Waals surface area (Å²) in [4.78, 5) is 22.4. The minimum atomic E-state index is -0.398. The molecule has 0 aliphatic heterocycles. The number of ketones is 1. The molecule has 1 atom stereocenters. The van der Waals surface area contributed by atoms with Crippen molar-refractivity contribution < 1.29 is 19.4 Å². The van der Waals surface area contributed by atoms with Gasteiger partial charge in [0, 0.05) is 12.8 Å². The van der Waals surface area contributed by atoms with Gasteiger partial charge in [-0.1, -0.05) is 50.1 Å². The third-order valence-corrected chi connectivity index (χ3v) is 3.06. The van der Waals surface area contributed by atoms with Crippen molar-refractivity contribution in [2.24, 2.45) is 0 Å². The second-order valence-corrected chi connectivity index (χ2v) is 5.09. The average molecular weight is 308 g/mol. The Balaban J connectivity index is 3.72. The average Bonchev–Trinajstić information content (AvgIpc) is 2.50. The molecule has 4 heteroatoms. The zero-order chi connectivity index (χ0) is 16.6. The fourth-order valence-electron chi connectivity index (χ4n) is 1.81. The maximum atomic E-state index is 11.6. The maximum absolute atomic E-state index is 11.6. The smallest absolute Gasteiger partial charge is 0.305 e. The Kier molecular flexibility index (Phi) is 13.2. The van der Waals surface area contributed by atoms with E-state index in [-0.39, 0.29) is 11.8 Å². The summed E-state index contributed by atoms with van der Waals surface area (Å²) in [7, 11) is 1.38. The molecule has 0 radical (unpaired) electrons. The molecule has 4 nitrogen and oxygen atoms in total. The largest absolute Gasteiger partial charge is 0.469 e. The van der Waals surface area contributed by atoms with Crippen LogP contribution in [-0.4, -0.2) is 30.1 Å². The lowest BCUT2D eigenvalue weighted by molar-refractivity contribution is -0.140. The number of methoxy groups -OCH3 is 1. The number of ether oxygens (including phenoxy) is 1. The first-order chi connectivity index (χ1) is 10.6. The summed E-state index contributed by atoms with van der Waals surface area (Å²) in [6.07, 6.45) is 14.9. The molecular formula is C18H28O4. The van der Waals surface area contributed by atoms with Crippen LogP contribution in [0.15, 0.2) is 36.5 Å². The number of esters is 1. The van der Waals surface area contributed by atoms with Gasteiger partial charge in [-0.25, -0.2) is 0 Å². The zero-order valence-electron chi connectivity index (χ0n) is 13.7. The van der Waals surface area contributed by atoms with E-state index in [9.17, 15) is 14.7 Å². The van der Waals surface area contributed by atoms with Gasteiger partial charge in [-0.05, 0) is 25.3 Å². The number of rotatable bonds is 12. The van der Waals surface area contributed by atoms with E-state index in [2.05, 4.69) is 4.74 Å². The summed E-state index contributed by atoms with van der Waals surface area (Å²) in [5.74, 6) is -0.119. The van der Waals surface area contributed by atoms with Crippen LogP contribution in [0.3, 0.4) is 0 Å². The molecule has 0 saturated heterocycles. The lowest BCUT2D eigenvalue weighted by atomic mass is 10.1. The first kappa shape index (κ1) is 20.3. The lowest BCUT2D eigenvalue weighted by Crippen LogP contribution is -1.99. The molecule has 0 aromatic carbocycles. The van der Waals surface area contributed by atoms with Gasteiger partial charge in [-0.15, -0.1) is 0 Å². The molecule has 1 unspecified atom stereocenters. The Morgan fingerprint density at radius 3 is 2.41 bits per heavy atom. The molecule has 0 bridgehead atoms. The molecule has 0 aromatic rings. The van der Waals surface area contributed by atoms with E-state index < -0.39 is 6.10 Å². The second-order valence-electron chi connectivity index (χ2n) is 5.09. The first-order valence-corrected chi connectivity index (χ1v) is 7.89. The molecule has 0 heterocycles. The second kappa shape index (κ2) is 14.3. The first-order valence-electron chi connectivity index (χ1n) is 7.89. The van der Waals surface area contributed by atoms with Crippen LogP contribution in [0.5, 0.6) is 0 Å². The maximum Gasteiger partial charge on any atom is 0.305 e. The van der Waals surface area contributed by atoms with Crippen LogP contribution in [0.2, 0.25) is 0 Å². The van der Waals surface area contributed by atoms with Crippen molar-refractivity contribution in [1.29, 1.82) is 0 Å². The Morgan fingerprint density at radius 2 is 1.73 bits per heavy atom. The fourth-order valence-corrected chi connectivity index (χ4v) is 1.81. The molecule has 22 heavy (non-hydrogen) atoms. The van der Waals surface area contributed by atoms with Crippen molar-refractivity contribution in [3.63, 3.8) is 0 Å².